The molecule has 1 aliphatic rings. The standard InChI is InChI=1S/C16H14BrClS/c17-14-6-4-13(16(18)9-14)10-19-15-7-5-11-2-1-3-12(11)8-15/h4-9H,1-3,10H2. The van der Waals surface area contributed by atoms with Crippen LogP contribution in [-0.2, 0) is 18.6 Å². The van der Waals surface area contributed by atoms with Gasteiger partial charge >= 0.3 is 0 Å². The SMILES string of the molecule is Clc1cc(Br)ccc1CSc1ccc2c(c1)CCC2. The van der Waals surface area contributed by atoms with Gasteiger partial charge in [-0.3, -0.25) is 0 Å². The van der Waals surface area contributed by atoms with Gasteiger partial charge in [0.15, 0.2) is 0 Å². The van der Waals surface area contributed by atoms with E-state index in [2.05, 4.69) is 40.2 Å². The first-order valence-corrected chi connectivity index (χ1v) is 8.56. The lowest BCUT2D eigenvalue weighted by molar-refractivity contribution is 0.911. The largest absolute Gasteiger partial charge is 0.121 e. The summed E-state index contributed by atoms with van der Waals surface area (Å²) < 4.78 is 1.03. The Bertz CT molecular complexity index is 610. The summed E-state index contributed by atoms with van der Waals surface area (Å²) in [5.74, 6) is 0.922. The predicted molar refractivity (Wildman–Crippen MR) is 87.2 cm³/mol. The van der Waals surface area contributed by atoms with Crippen molar-refractivity contribution in [2.24, 2.45) is 0 Å². The van der Waals surface area contributed by atoms with Gasteiger partial charge in [0.2, 0.25) is 0 Å². The molecule has 0 N–H and O–H groups in total. The average molecular weight is 354 g/mol. The molecule has 3 rings (SSSR count). The molecule has 0 saturated carbocycles. The summed E-state index contributed by atoms with van der Waals surface area (Å²) in [6.07, 6.45) is 3.80. The maximum absolute atomic E-state index is 6.25. The van der Waals surface area contributed by atoms with Crippen molar-refractivity contribution in [1.29, 1.82) is 0 Å². The molecule has 19 heavy (non-hydrogen) atoms. The molecule has 0 atom stereocenters. The Kier molecular flexibility index (Phi) is 4.21. The van der Waals surface area contributed by atoms with E-state index in [4.69, 9.17) is 11.6 Å². The number of hydrogen-bond acceptors (Lipinski definition) is 1. The van der Waals surface area contributed by atoms with Crippen LogP contribution in [0.4, 0.5) is 0 Å². The van der Waals surface area contributed by atoms with Crippen LogP contribution in [0, 0.1) is 0 Å². The van der Waals surface area contributed by atoms with Crippen molar-refractivity contribution in [3.8, 4) is 0 Å². The Balaban J connectivity index is 1.72. The maximum Gasteiger partial charge on any atom is 0.0457 e. The highest BCUT2D eigenvalue weighted by Gasteiger charge is 2.11. The zero-order valence-corrected chi connectivity index (χ0v) is 13.6. The van der Waals surface area contributed by atoms with Crippen molar-refractivity contribution in [3.63, 3.8) is 0 Å². The fourth-order valence-electron chi connectivity index (χ4n) is 2.44. The third-order valence-electron chi connectivity index (χ3n) is 3.48. The van der Waals surface area contributed by atoms with Crippen LogP contribution in [0.3, 0.4) is 0 Å². The first kappa shape index (κ1) is 13.5. The molecule has 3 heteroatoms. The summed E-state index contributed by atoms with van der Waals surface area (Å²) in [7, 11) is 0. The van der Waals surface area contributed by atoms with E-state index in [0.29, 0.717) is 0 Å². The topological polar surface area (TPSA) is 0 Å². The predicted octanol–water partition coefficient (Wildman–Crippen LogP) is 5.88. The second-order valence-corrected chi connectivity index (χ2v) is 7.18. The van der Waals surface area contributed by atoms with Crippen molar-refractivity contribution < 1.29 is 0 Å². The number of fused-ring (bicyclic) bond motifs is 1. The highest BCUT2D eigenvalue weighted by Crippen LogP contribution is 2.31. The lowest BCUT2D eigenvalue weighted by atomic mass is 10.1. The van der Waals surface area contributed by atoms with Gasteiger partial charge in [-0.05, 0) is 60.2 Å². The summed E-state index contributed by atoms with van der Waals surface area (Å²) in [6, 6.07) is 13.0. The third-order valence-corrected chi connectivity index (χ3v) is 5.37. The molecule has 0 aliphatic heterocycles. The van der Waals surface area contributed by atoms with E-state index >= 15 is 0 Å². The van der Waals surface area contributed by atoms with Crippen molar-refractivity contribution >= 4 is 39.3 Å². The number of benzene rings is 2. The molecule has 0 heterocycles. The Morgan fingerprint density at radius 3 is 2.74 bits per heavy atom. The molecule has 0 unspecified atom stereocenters. The lowest BCUT2D eigenvalue weighted by Crippen LogP contribution is -1.85. The summed E-state index contributed by atoms with van der Waals surface area (Å²) in [4.78, 5) is 1.35. The summed E-state index contributed by atoms with van der Waals surface area (Å²) >= 11 is 11.5. The van der Waals surface area contributed by atoms with Gasteiger partial charge in [-0.25, -0.2) is 0 Å². The van der Waals surface area contributed by atoms with Gasteiger partial charge in [-0.1, -0.05) is 39.7 Å². The van der Waals surface area contributed by atoms with Crippen LogP contribution in [0.25, 0.3) is 0 Å². The molecular weight excluding hydrogens is 340 g/mol. The second kappa shape index (κ2) is 5.90. The first-order valence-electron chi connectivity index (χ1n) is 6.41. The zero-order chi connectivity index (χ0) is 13.2. The highest BCUT2D eigenvalue weighted by molar-refractivity contribution is 9.10. The fourth-order valence-corrected chi connectivity index (χ4v) is 4.22. The normalized spacial score (nSPS) is 13.6. The van der Waals surface area contributed by atoms with E-state index < -0.39 is 0 Å². The Morgan fingerprint density at radius 1 is 1.05 bits per heavy atom. The molecular formula is C16H14BrClS. The molecule has 98 valence electrons. The quantitative estimate of drug-likeness (QED) is 0.621. The maximum atomic E-state index is 6.25. The molecule has 0 amide bonds. The summed E-state index contributed by atoms with van der Waals surface area (Å²) in [6.45, 7) is 0. The van der Waals surface area contributed by atoms with Crippen LogP contribution in [0.5, 0.6) is 0 Å². The number of rotatable bonds is 3. The van der Waals surface area contributed by atoms with Crippen molar-refractivity contribution in [1.82, 2.24) is 0 Å². The molecule has 0 aromatic heterocycles. The summed E-state index contributed by atoms with van der Waals surface area (Å²) in [5.41, 5.74) is 4.26. The first-order chi connectivity index (χ1) is 9.22. The van der Waals surface area contributed by atoms with Crippen molar-refractivity contribution in [2.45, 2.75) is 29.9 Å². The molecule has 2 aromatic carbocycles. The van der Waals surface area contributed by atoms with E-state index in [1.165, 1.54) is 40.8 Å². The molecule has 0 spiro atoms. The molecule has 0 nitrogen and oxygen atoms in total. The molecule has 0 radical (unpaired) electrons. The highest BCUT2D eigenvalue weighted by atomic mass is 79.9. The molecule has 2 aromatic rings. The smallest absolute Gasteiger partial charge is 0.0457 e. The van der Waals surface area contributed by atoms with E-state index in [1.807, 2.05) is 23.9 Å². The minimum atomic E-state index is 0.836. The zero-order valence-electron chi connectivity index (χ0n) is 10.5. The van der Waals surface area contributed by atoms with Crippen LogP contribution < -0.4 is 0 Å². The van der Waals surface area contributed by atoms with Gasteiger partial charge in [-0.15, -0.1) is 11.8 Å². The third kappa shape index (κ3) is 3.18. The van der Waals surface area contributed by atoms with E-state index in [9.17, 15) is 0 Å². The lowest BCUT2D eigenvalue weighted by Gasteiger charge is -2.07. The second-order valence-electron chi connectivity index (χ2n) is 4.81. The van der Waals surface area contributed by atoms with Gasteiger partial charge in [0, 0.05) is 20.1 Å². The van der Waals surface area contributed by atoms with E-state index in [-0.39, 0.29) is 0 Å². The van der Waals surface area contributed by atoms with Gasteiger partial charge < -0.3 is 0 Å². The molecule has 0 bridgehead atoms. The van der Waals surface area contributed by atoms with Crippen molar-refractivity contribution in [2.75, 3.05) is 0 Å². The van der Waals surface area contributed by atoms with Crippen LogP contribution in [0.2, 0.25) is 5.02 Å². The average Bonchev–Trinajstić information content (AvgIpc) is 2.85. The summed E-state index contributed by atoms with van der Waals surface area (Å²) in [5, 5.41) is 0.836. The van der Waals surface area contributed by atoms with Gasteiger partial charge in [0.25, 0.3) is 0 Å². The van der Waals surface area contributed by atoms with Crippen LogP contribution in [0.15, 0.2) is 45.8 Å². The van der Waals surface area contributed by atoms with Crippen LogP contribution >= 0.6 is 39.3 Å². The van der Waals surface area contributed by atoms with Crippen LogP contribution in [-0.4, -0.2) is 0 Å². The Hall–Kier alpha value is -0.440. The fraction of sp³-hybridized carbons (Fsp3) is 0.250. The molecule has 0 fully saturated rings. The number of thioether (sulfide) groups is 1. The number of hydrogen-bond donors (Lipinski definition) is 0. The van der Waals surface area contributed by atoms with Crippen molar-refractivity contribution in [3.05, 3.63) is 62.6 Å². The minimum absolute atomic E-state index is 0.836. The monoisotopic (exact) mass is 352 g/mol. The number of aryl methyl sites for hydroxylation is 2. The van der Waals surface area contributed by atoms with Gasteiger partial charge in [-0.2, -0.15) is 0 Å². The van der Waals surface area contributed by atoms with Gasteiger partial charge in [0.1, 0.15) is 0 Å². The van der Waals surface area contributed by atoms with Crippen LogP contribution in [0.1, 0.15) is 23.1 Å². The van der Waals surface area contributed by atoms with E-state index in [1.54, 1.807) is 0 Å². The molecule has 1 aliphatic carbocycles. The Labute approximate surface area is 131 Å². The van der Waals surface area contributed by atoms with Gasteiger partial charge in [0.05, 0.1) is 0 Å². The minimum Gasteiger partial charge on any atom is -0.121 e. The Morgan fingerprint density at radius 2 is 1.89 bits per heavy atom. The van der Waals surface area contributed by atoms with E-state index in [0.717, 1.165) is 15.2 Å². The number of halogens is 2. The molecule has 0 saturated heterocycles.